The molecule has 1 fully saturated rings. The quantitative estimate of drug-likeness (QED) is 0.866. The van der Waals surface area contributed by atoms with Crippen LogP contribution in [0.1, 0.15) is 16.1 Å². The summed E-state index contributed by atoms with van der Waals surface area (Å²) in [5.41, 5.74) is 1.42. The average Bonchev–Trinajstić information content (AvgIpc) is 3.04. The lowest BCUT2D eigenvalue weighted by Crippen LogP contribution is -2.40. The molecule has 0 bridgehead atoms. The van der Waals surface area contributed by atoms with Crippen LogP contribution < -0.4 is 4.74 Å². The molecule has 0 radical (unpaired) electrons. The Morgan fingerprint density at radius 1 is 1.32 bits per heavy atom. The summed E-state index contributed by atoms with van der Waals surface area (Å²) in [4.78, 5) is 24.7. The zero-order valence-corrected chi connectivity index (χ0v) is 14.4. The van der Waals surface area contributed by atoms with Crippen molar-refractivity contribution in [2.75, 3.05) is 27.2 Å². The van der Waals surface area contributed by atoms with Gasteiger partial charge in [0.05, 0.1) is 24.9 Å². The molecular formula is C18H22N4O3. The van der Waals surface area contributed by atoms with Gasteiger partial charge in [0, 0.05) is 43.8 Å². The molecule has 0 unspecified atom stereocenters. The number of ether oxygens (including phenoxy) is 1. The predicted molar refractivity (Wildman–Crippen MR) is 92.2 cm³/mol. The highest BCUT2D eigenvalue weighted by molar-refractivity contribution is 5.94. The molecule has 25 heavy (non-hydrogen) atoms. The molecule has 1 N–H and O–H groups in total. The summed E-state index contributed by atoms with van der Waals surface area (Å²) in [6.45, 7) is 1.36. The highest BCUT2D eigenvalue weighted by Crippen LogP contribution is 2.20. The molecule has 2 aromatic rings. The summed E-state index contributed by atoms with van der Waals surface area (Å²) < 4.78 is 5.11. The summed E-state index contributed by atoms with van der Waals surface area (Å²) in [5, 5.41) is 10.4. The van der Waals surface area contributed by atoms with E-state index in [-0.39, 0.29) is 11.9 Å². The first-order valence-electron chi connectivity index (χ1n) is 8.15. The van der Waals surface area contributed by atoms with Crippen molar-refractivity contribution >= 4 is 5.91 Å². The van der Waals surface area contributed by atoms with Crippen molar-refractivity contribution in [3.05, 3.63) is 54.1 Å². The number of rotatable bonds is 5. The van der Waals surface area contributed by atoms with Crippen LogP contribution in [0.2, 0.25) is 0 Å². The number of carbonyl (C=O) groups excluding carboxylic acids is 1. The highest BCUT2D eigenvalue weighted by Gasteiger charge is 2.36. The first-order valence-corrected chi connectivity index (χ1v) is 8.15. The molecule has 1 aliphatic heterocycles. The molecule has 2 heterocycles. The Balaban J connectivity index is 1.64. The Morgan fingerprint density at radius 3 is 2.72 bits per heavy atom. The lowest BCUT2D eigenvalue weighted by atomic mass is 10.2. The smallest absolute Gasteiger partial charge is 0.254 e. The van der Waals surface area contributed by atoms with Crippen molar-refractivity contribution in [2.24, 2.45) is 0 Å². The maximum absolute atomic E-state index is 12.7. The summed E-state index contributed by atoms with van der Waals surface area (Å²) in [5.74, 6) is 0.622. The molecule has 1 saturated heterocycles. The Morgan fingerprint density at radius 2 is 2.08 bits per heavy atom. The molecule has 1 aromatic carbocycles. The summed E-state index contributed by atoms with van der Waals surface area (Å²) in [7, 11) is 3.51. The van der Waals surface area contributed by atoms with E-state index in [1.54, 1.807) is 54.9 Å². The number of nitrogens with zero attached hydrogens (tertiary/aromatic N) is 4. The fourth-order valence-electron chi connectivity index (χ4n) is 3.07. The molecule has 1 amide bonds. The van der Waals surface area contributed by atoms with E-state index in [2.05, 4.69) is 9.97 Å². The first-order chi connectivity index (χ1) is 12.1. The number of amides is 1. The number of aliphatic hydroxyl groups is 1. The van der Waals surface area contributed by atoms with Crippen molar-refractivity contribution in [3.8, 4) is 5.75 Å². The van der Waals surface area contributed by atoms with Gasteiger partial charge >= 0.3 is 0 Å². The Labute approximate surface area is 146 Å². The maximum atomic E-state index is 12.7. The van der Waals surface area contributed by atoms with Crippen LogP contribution in [-0.4, -0.2) is 70.2 Å². The standard InChI is InChI=1S/C18H22N4O3/c1-21(10-14-9-19-7-8-20-14)16-11-22(12-17(16)23)18(24)13-3-5-15(25-2)6-4-13/h3-9,16-17,23H,10-12H2,1-2H3/t16-,17-/m0/s1. The SMILES string of the molecule is COc1ccc(C(=O)N2C[C@H](O)[C@@H](N(C)Cc3cnccn3)C2)cc1. The largest absolute Gasteiger partial charge is 0.497 e. The molecule has 2 atom stereocenters. The number of hydrogen-bond acceptors (Lipinski definition) is 6. The number of likely N-dealkylation sites (N-methyl/N-ethyl adjacent to an activating group) is 1. The number of methoxy groups -OCH3 is 1. The number of β-amino-alcohol motifs (C(OH)–C–C–N with tert-alkyl or cyclic N) is 1. The van der Waals surface area contributed by atoms with Gasteiger partial charge in [0.2, 0.25) is 0 Å². The van der Waals surface area contributed by atoms with Crippen LogP contribution in [0, 0.1) is 0 Å². The second kappa shape index (κ2) is 7.58. The number of benzene rings is 1. The Bertz CT molecular complexity index is 708. The average molecular weight is 342 g/mol. The molecule has 1 aliphatic rings. The van der Waals surface area contributed by atoms with Gasteiger partial charge < -0.3 is 14.7 Å². The van der Waals surface area contributed by atoms with Gasteiger partial charge in [0.15, 0.2) is 0 Å². The topological polar surface area (TPSA) is 78.8 Å². The number of carbonyl (C=O) groups is 1. The van der Waals surface area contributed by atoms with Gasteiger partial charge in [0.25, 0.3) is 5.91 Å². The van der Waals surface area contributed by atoms with Crippen LogP contribution in [-0.2, 0) is 6.54 Å². The zero-order chi connectivity index (χ0) is 17.8. The van der Waals surface area contributed by atoms with Crippen LogP contribution in [0.4, 0.5) is 0 Å². The van der Waals surface area contributed by atoms with Crippen LogP contribution in [0.15, 0.2) is 42.9 Å². The molecule has 132 valence electrons. The first kappa shape index (κ1) is 17.3. The predicted octanol–water partition coefficient (Wildman–Crippen LogP) is 0.802. The number of likely N-dealkylation sites (tertiary alicyclic amines) is 1. The molecular weight excluding hydrogens is 320 g/mol. The van der Waals surface area contributed by atoms with Crippen molar-refractivity contribution in [1.29, 1.82) is 0 Å². The number of aliphatic hydroxyl groups excluding tert-OH is 1. The minimum atomic E-state index is -0.594. The molecule has 0 saturated carbocycles. The lowest BCUT2D eigenvalue weighted by Gasteiger charge is -2.25. The van der Waals surface area contributed by atoms with E-state index in [1.807, 2.05) is 11.9 Å². The normalized spacial score (nSPS) is 20.1. The third-order valence-corrected chi connectivity index (χ3v) is 4.48. The van der Waals surface area contributed by atoms with Gasteiger partial charge in [-0.3, -0.25) is 19.7 Å². The fourth-order valence-corrected chi connectivity index (χ4v) is 3.07. The van der Waals surface area contributed by atoms with Crippen molar-refractivity contribution in [1.82, 2.24) is 19.8 Å². The fraction of sp³-hybridized carbons (Fsp3) is 0.389. The van der Waals surface area contributed by atoms with Crippen LogP contribution in [0.25, 0.3) is 0 Å². The van der Waals surface area contributed by atoms with Gasteiger partial charge in [-0.1, -0.05) is 0 Å². The molecule has 3 rings (SSSR count). The van der Waals surface area contributed by atoms with E-state index < -0.39 is 6.10 Å². The molecule has 1 aromatic heterocycles. The summed E-state index contributed by atoms with van der Waals surface area (Å²) in [6, 6.07) is 6.87. The third-order valence-electron chi connectivity index (χ3n) is 4.48. The van der Waals surface area contributed by atoms with E-state index in [0.29, 0.717) is 30.9 Å². The van der Waals surface area contributed by atoms with Gasteiger partial charge in [-0.05, 0) is 31.3 Å². The summed E-state index contributed by atoms with van der Waals surface area (Å²) in [6.07, 6.45) is 4.39. The number of hydrogen-bond donors (Lipinski definition) is 1. The van der Waals surface area contributed by atoms with Crippen molar-refractivity contribution < 1.29 is 14.6 Å². The van der Waals surface area contributed by atoms with E-state index in [4.69, 9.17) is 4.74 Å². The van der Waals surface area contributed by atoms with E-state index in [1.165, 1.54) is 0 Å². The number of aromatic nitrogens is 2. The summed E-state index contributed by atoms with van der Waals surface area (Å²) >= 11 is 0. The van der Waals surface area contributed by atoms with Crippen molar-refractivity contribution in [3.63, 3.8) is 0 Å². The van der Waals surface area contributed by atoms with Gasteiger partial charge in [0.1, 0.15) is 5.75 Å². The highest BCUT2D eigenvalue weighted by atomic mass is 16.5. The minimum Gasteiger partial charge on any atom is -0.497 e. The monoisotopic (exact) mass is 342 g/mol. The lowest BCUT2D eigenvalue weighted by molar-refractivity contribution is 0.0762. The van der Waals surface area contributed by atoms with Crippen LogP contribution in [0.5, 0.6) is 5.75 Å². The molecule has 0 spiro atoms. The van der Waals surface area contributed by atoms with E-state index >= 15 is 0 Å². The van der Waals surface area contributed by atoms with E-state index in [0.717, 1.165) is 5.69 Å². The van der Waals surface area contributed by atoms with Crippen LogP contribution >= 0.6 is 0 Å². The van der Waals surface area contributed by atoms with Crippen LogP contribution in [0.3, 0.4) is 0 Å². The third kappa shape index (κ3) is 3.94. The van der Waals surface area contributed by atoms with Crippen molar-refractivity contribution in [2.45, 2.75) is 18.7 Å². The maximum Gasteiger partial charge on any atom is 0.254 e. The van der Waals surface area contributed by atoms with Gasteiger partial charge in [-0.25, -0.2) is 0 Å². The Kier molecular flexibility index (Phi) is 5.25. The molecule has 7 nitrogen and oxygen atoms in total. The minimum absolute atomic E-state index is 0.0860. The molecule has 7 heteroatoms. The second-order valence-electron chi connectivity index (χ2n) is 6.19. The van der Waals surface area contributed by atoms with E-state index in [9.17, 15) is 9.90 Å². The van der Waals surface area contributed by atoms with Gasteiger partial charge in [-0.15, -0.1) is 0 Å². The second-order valence-corrected chi connectivity index (χ2v) is 6.19. The van der Waals surface area contributed by atoms with Gasteiger partial charge in [-0.2, -0.15) is 0 Å². The Hall–Kier alpha value is -2.51. The zero-order valence-electron chi connectivity index (χ0n) is 14.4. The molecule has 0 aliphatic carbocycles.